The van der Waals surface area contributed by atoms with Gasteiger partial charge in [0.15, 0.2) is 11.6 Å². The molecule has 0 radical (unpaired) electrons. The van der Waals surface area contributed by atoms with E-state index in [9.17, 15) is 9.59 Å². The molecular formula is C27H33N3O2S. The lowest BCUT2D eigenvalue weighted by Gasteiger charge is -2.58. The fraction of sp³-hybridized carbons (Fsp3) is 0.630. The fourth-order valence-electron chi connectivity index (χ4n) is 8.48. The van der Waals surface area contributed by atoms with Crippen molar-refractivity contribution in [2.75, 3.05) is 0 Å². The SMILES string of the molecule is CC12CCC(=O)C=C1CCC1C2CCC2(C)C(C(=O)Cn3cnc4c(=S)cc[nH]c43)CCC12. The van der Waals surface area contributed by atoms with E-state index in [1.807, 2.05) is 22.9 Å². The summed E-state index contributed by atoms with van der Waals surface area (Å²) in [4.78, 5) is 33.4. The molecule has 0 spiro atoms. The molecule has 3 saturated carbocycles. The van der Waals surface area contributed by atoms with Crippen LogP contribution < -0.4 is 0 Å². The summed E-state index contributed by atoms with van der Waals surface area (Å²) < 4.78 is 2.65. The van der Waals surface area contributed by atoms with Crippen molar-refractivity contribution in [3.05, 3.63) is 34.7 Å². The number of nitrogens with zero attached hydrogens (tertiary/aromatic N) is 2. The summed E-state index contributed by atoms with van der Waals surface area (Å²) in [5.41, 5.74) is 3.29. The second-order valence-electron chi connectivity index (χ2n) is 11.5. The summed E-state index contributed by atoms with van der Waals surface area (Å²) in [6.07, 6.45) is 14.0. The lowest BCUT2D eigenvalue weighted by Crippen LogP contribution is -2.51. The number of carbonyl (C=O) groups is 2. The minimum atomic E-state index is 0.0869. The summed E-state index contributed by atoms with van der Waals surface area (Å²) in [5, 5.41) is 0. The number of ketones is 2. The van der Waals surface area contributed by atoms with Gasteiger partial charge in [-0.15, -0.1) is 0 Å². The zero-order chi connectivity index (χ0) is 23.0. The molecular weight excluding hydrogens is 430 g/mol. The monoisotopic (exact) mass is 463 g/mol. The Balaban J connectivity index is 1.25. The molecule has 33 heavy (non-hydrogen) atoms. The summed E-state index contributed by atoms with van der Waals surface area (Å²) in [5.74, 6) is 2.74. The van der Waals surface area contributed by atoms with Crippen LogP contribution in [0.3, 0.4) is 0 Å². The van der Waals surface area contributed by atoms with E-state index in [0.29, 0.717) is 46.8 Å². The van der Waals surface area contributed by atoms with Gasteiger partial charge in [0.25, 0.3) is 0 Å². The summed E-state index contributed by atoms with van der Waals surface area (Å²) in [7, 11) is 0. The van der Waals surface area contributed by atoms with Gasteiger partial charge in [-0.25, -0.2) is 4.98 Å². The third-order valence-electron chi connectivity index (χ3n) is 10.2. The highest BCUT2D eigenvalue weighted by Crippen LogP contribution is 2.66. The van der Waals surface area contributed by atoms with E-state index < -0.39 is 0 Å². The molecule has 1 N–H and O–H groups in total. The average molecular weight is 464 g/mol. The van der Waals surface area contributed by atoms with Gasteiger partial charge in [0.05, 0.1) is 17.4 Å². The van der Waals surface area contributed by atoms with Gasteiger partial charge in [0, 0.05) is 18.5 Å². The van der Waals surface area contributed by atoms with Crippen molar-refractivity contribution < 1.29 is 9.59 Å². The summed E-state index contributed by atoms with van der Waals surface area (Å²) in [6, 6.07) is 1.84. The molecule has 0 aromatic carbocycles. The zero-order valence-corrected chi connectivity index (χ0v) is 20.4. The number of imidazole rings is 1. The maximum Gasteiger partial charge on any atom is 0.156 e. The third-order valence-corrected chi connectivity index (χ3v) is 10.5. The number of allylic oxidation sites excluding steroid dienone is 1. The van der Waals surface area contributed by atoms with Crippen molar-refractivity contribution in [1.29, 1.82) is 0 Å². The molecule has 6 rings (SSSR count). The lowest BCUT2D eigenvalue weighted by atomic mass is 9.46. The molecule has 5 nitrogen and oxygen atoms in total. The molecule has 6 atom stereocenters. The predicted octanol–water partition coefficient (Wildman–Crippen LogP) is 5.81. The van der Waals surface area contributed by atoms with Crippen molar-refractivity contribution in [2.45, 2.75) is 71.8 Å². The number of aromatic amines is 1. The first kappa shape index (κ1) is 21.5. The molecule has 2 heterocycles. The Morgan fingerprint density at radius 2 is 2.03 bits per heavy atom. The predicted molar refractivity (Wildman–Crippen MR) is 130 cm³/mol. The largest absolute Gasteiger partial charge is 0.346 e. The molecule has 0 bridgehead atoms. The Morgan fingerprint density at radius 3 is 2.88 bits per heavy atom. The number of pyridine rings is 1. The average Bonchev–Trinajstić information content (AvgIpc) is 3.36. The minimum absolute atomic E-state index is 0.0869. The van der Waals surface area contributed by atoms with Gasteiger partial charge in [-0.3, -0.25) is 9.59 Å². The molecule has 3 fully saturated rings. The van der Waals surface area contributed by atoms with Gasteiger partial charge in [0.1, 0.15) is 11.2 Å². The van der Waals surface area contributed by atoms with Gasteiger partial charge < -0.3 is 9.55 Å². The molecule has 4 aliphatic rings. The van der Waals surface area contributed by atoms with E-state index in [1.165, 1.54) is 18.4 Å². The first-order chi connectivity index (χ1) is 15.8. The van der Waals surface area contributed by atoms with Crippen molar-refractivity contribution in [3.8, 4) is 0 Å². The highest BCUT2D eigenvalue weighted by Gasteiger charge is 2.60. The normalized spacial score (nSPS) is 37.9. The Bertz CT molecular complexity index is 1240. The van der Waals surface area contributed by atoms with E-state index in [0.717, 1.165) is 43.3 Å². The van der Waals surface area contributed by atoms with E-state index in [-0.39, 0.29) is 16.7 Å². The van der Waals surface area contributed by atoms with Crippen LogP contribution >= 0.6 is 12.2 Å². The second kappa shape index (κ2) is 7.46. The summed E-state index contributed by atoms with van der Waals surface area (Å²) >= 11 is 5.39. The molecule has 0 aliphatic heterocycles. The number of rotatable bonds is 3. The highest BCUT2D eigenvalue weighted by atomic mass is 32.1. The zero-order valence-electron chi connectivity index (χ0n) is 19.6. The van der Waals surface area contributed by atoms with Crippen LogP contribution in [0.2, 0.25) is 0 Å². The minimum Gasteiger partial charge on any atom is -0.346 e. The number of Topliss-reactive ketones (excluding diaryl/α,β-unsaturated/α-hetero) is 1. The molecule has 0 saturated heterocycles. The Morgan fingerprint density at radius 1 is 1.18 bits per heavy atom. The number of nitrogens with one attached hydrogen (secondary N) is 1. The lowest BCUT2D eigenvalue weighted by molar-refractivity contribution is -0.131. The van der Waals surface area contributed by atoms with Crippen LogP contribution in [0.5, 0.6) is 0 Å². The first-order valence-electron chi connectivity index (χ1n) is 12.6. The van der Waals surface area contributed by atoms with Crippen molar-refractivity contribution in [3.63, 3.8) is 0 Å². The highest BCUT2D eigenvalue weighted by molar-refractivity contribution is 7.71. The van der Waals surface area contributed by atoms with Crippen molar-refractivity contribution in [2.24, 2.45) is 34.5 Å². The van der Waals surface area contributed by atoms with Crippen LogP contribution in [-0.2, 0) is 16.1 Å². The van der Waals surface area contributed by atoms with E-state index in [1.54, 1.807) is 6.33 Å². The third kappa shape index (κ3) is 3.09. The van der Waals surface area contributed by atoms with Gasteiger partial charge in [0.2, 0.25) is 0 Å². The molecule has 6 heteroatoms. The number of carbonyl (C=O) groups excluding carboxylic acids is 2. The second-order valence-corrected chi connectivity index (χ2v) is 12.0. The van der Waals surface area contributed by atoms with Crippen LogP contribution in [0.25, 0.3) is 11.2 Å². The van der Waals surface area contributed by atoms with Gasteiger partial charge in [-0.05, 0) is 85.7 Å². The summed E-state index contributed by atoms with van der Waals surface area (Å²) in [6.45, 7) is 5.19. The Hall–Kier alpha value is -2.08. The topological polar surface area (TPSA) is 67.8 Å². The van der Waals surface area contributed by atoms with Gasteiger partial charge >= 0.3 is 0 Å². The van der Waals surface area contributed by atoms with Crippen LogP contribution in [-0.4, -0.2) is 26.1 Å². The quantitative estimate of drug-likeness (QED) is 0.583. The van der Waals surface area contributed by atoms with Crippen LogP contribution in [0.4, 0.5) is 0 Å². The molecule has 2 aromatic rings. The molecule has 6 unspecified atom stereocenters. The fourth-order valence-corrected chi connectivity index (χ4v) is 8.69. The standard InChI is InChI=1S/C27H33N3O2S/c1-26-10-7-17(31)13-16(26)3-4-18-19-5-6-21(27(19,2)11-8-20(18)26)22(32)14-30-15-29-24-23(33)9-12-28-25(24)30/h9,12-13,15,18-21H,3-8,10-11,14H2,1-2H3,(H,28,33). The number of hydrogen-bond donors (Lipinski definition) is 1. The van der Waals surface area contributed by atoms with Crippen LogP contribution in [0, 0.1) is 39.0 Å². The van der Waals surface area contributed by atoms with E-state index >= 15 is 0 Å². The maximum atomic E-state index is 13.7. The van der Waals surface area contributed by atoms with E-state index in [4.69, 9.17) is 12.2 Å². The molecule has 174 valence electrons. The van der Waals surface area contributed by atoms with Crippen LogP contribution in [0.1, 0.15) is 65.2 Å². The van der Waals surface area contributed by atoms with E-state index in [2.05, 4.69) is 23.8 Å². The van der Waals surface area contributed by atoms with Crippen molar-refractivity contribution in [1.82, 2.24) is 14.5 Å². The smallest absolute Gasteiger partial charge is 0.156 e. The molecule has 4 aliphatic carbocycles. The van der Waals surface area contributed by atoms with Crippen molar-refractivity contribution >= 4 is 34.9 Å². The maximum absolute atomic E-state index is 13.7. The molecule has 2 aromatic heterocycles. The molecule has 0 amide bonds. The number of hydrogen-bond acceptors (Lipinski definition) is 4. The number of fused-ring (bicyclic) bond motifs is 6. The first-order valence-corrected chi connectivity index (χ1v) is 13.0. The van der Waals surface area contributed by atoms with Gasteiger partial charge in [-0.2, -0.15) is 0 Å². The van der Waals surface area contributed by atoms with Gasteiger partial charge in [-0.1, -0.05) is 31.6 Å². The number of aromatic nitrogens is 3. The van der Waals surface area contributed by atoms with Crippen LogP contribution in [0.15, 0.2) is 30.2 Å². The number of H-pyrrole nitrogens is 1. The Kier molecular flexibility index (Phi) is 4.85. The Labute approximate surface area is 200 Å².